The van der Waals surface area contributed by atoms with Crippen LogP contribution < -0.4 is 10.6 Å². The molecule has 0 spiro atoms. The molecule has 0 aromatic heterocycles. The number of unbranched alkanes of at least 4 members (excludes halogenated alkanes) is 7. The maximum absolute atomic E-state index is 12.5. The number of carbonyl (C=O) groups is 3. The molecule has 0 saturated carbocycles. The average Bonchev–Trinajstić information content (AvgIpc) is 2.70. The summed E-state index contributed by atoms with van der Waals surface area (Å²) in [6, 6.07) is -0.851. The molecular weight excluding hydrogens is 388 g/mol. The monoisotopic (exact) mass is 430 g/mol. The molecule has 0 fully saturated rings. The maximum atomic E-state index is 12.5. The molecule has 4 N–H and O–H groups in total. The largest absolute Gasteiger partial charge is 0.464 e. The summed E-state index contributed by atoms with van der Waals surface area (Å²) in [6.45, 7) is 8.10. The second-order valence-corrected chi connectivity index (χ2v) is 8.10. The summed E-state index contributed by atoms with van der Waals surface area (Å²) in [4.78, 5) is 36.2. The van der Waals surface area contributed by atoms with E-state index in [-0.39, 0.29) is 18.4 Å². The van der Waals surface area contributed by atoms with Gasteiger partial charge >= 0.3 is 5.97 Å². The van der Waals surface area contributed by atoms with Gasteiger partial charge in [0.05, 0.1) is 6.61 Å². The molecule has 0 bridgehead atoms. The van der Waals surface area contributed by atoms with Gasteiger partial charge in [0.2, 0.25) is 5.91 Å². The van der Waals surface area contributed by atoms with Gasteiger partial charge in [0.15, 0.2) is 12.2 Å². The van der Waals surface area contributed by atoms with Crippen LogP contribution in [0, 0.1) is 5.92 Å². The van der Waals surface area contributed by atoms with Crippen LogP contribution in [-0.2, 0) is 19.1 Å². The smallest absolute Gasteiger partial charge is 0.338 e. The van der Waals surface area contributed by atoms with Crippen molar-refractivity contribution in [1.29, 1.82) is 0 Å². The van der Waals surface area contributed by atoms with E-state index in [1.54, 1.807) is 6.92 Å². The van der Waals surface area contributed by atoms with Crippen molar-refractivity contribution in [2.24, 2.45) is 5.92 Å². The fourth-order valence-corrected chi connectivity index (χ4v) is 3.05. The van der Waals surface area contributed by atoms with Crippen molar-refractivity contribution in [3.05, 3.63) is 0 Å². The summed E-state index contributed by atoms with van der Waals surface area (Å²) in [7, 11) is 0. The van der Waals surface area contributed by atoms with Gasteiger partial charge in [-0.05, 0) is 25.7 Å². The Balaban J connectivity index is 4.43. The summed E-state index contributed by atoms with van der Waals surface area (Å²) >= 11 is 0. The highest BCUT2D eigenvalue weighted by Gasteiger charge is 2.33. The van der Waals surface area contributed by atoms with E-state index in [1.807, 2.05) is 13.8 Å². The fourth-order valence-electron chi connectivity index (χ4n) is 3.05. The minimum atomic E-state index is -2.00. The first-order valence-corrected chi connectivity index (χ1v) is 11.3. The van der Waals surface area contributed by atoms with Crippen LogP contribution >= 0.6 is 0 Å². The number of nitrogens with one attached hydrogen (secondary N) is 2. The molecule has 0 aromatic rings. The van der Waals surface area contributed by atoms with Gasteiger partial charge in [-0.25, -0.2) is 4.79 Å². The Morgan fingerprint density at radius 3 is 1.93 bits per heavy atom. The molecule has 0 aromatic carbocycles. The molecule has 0 aliphatic rings. The highest BCUT2D eigenvalue weighted by atomic mass is 16.5. The van der Waals surface area contributed by atoms with Gasteiger partial charge in [-0.2, -0.15) is 0 Å². The minimum absolute atomic E-state index is 0.0152. The van der Waals surface area contributed by atoms with Crippen LogP contribution in [0.4, 0.5) is 0 Å². The van der Waals surface area contributed by atoms with Gasteiger partial charge in [0, 0.05) is 6.54 Å². The van der Waals surface area contributed by atoms with Crippen molar-refractivity contribution in [3.8, 4) is 0 Å². The molecular formula is C22H42N2O6. The minimum Gasteiger partial charge on any atom is -0.464 e. The van der Waals surface area contributed by atoms with Crippen molar-refractivity contribution in [2.45, 2.75) is 104 Å². The second kappa shape index (κ2) is 17.1. The van der Waals surface area contributed by atoms with Gasteiger partial charge in [-0.1, -0.05) is 65.7 Å². The topological polar surface area (TPSA) is 125 Å². The lowest BCUT2D eigenvalue weighted by Gasteiger charge is -2.23. The molecule has 176 valence electrons. The third-order valence-electron chi connectivity index (χ3n) is 4.77. The average molecular weight is 431 g/mol. The quantitative estimate of drug-likeness (QED) is 0.207. The lowest BCUT2D eigenvalue weighted by Crippen LogP contribution is -2.53. The number of aliphatic hydroxyl groups is 2. The summed E-state index contributed by atoms with van der Waals surface area (Å²) < 4.78 is 4.60. The molecule has 0 radical (unpaired) electrons. The fraction of sp³-hybridized carbons (Fsp3) is 0.864. The van der Waals surface area contributed by atoms with E-state index < -0.39 is 30.1 Å². The normalized spacial score (nSPS) is 14.1. The van der Waals surface area contributed by atoms with Gasteiger partial charge in [-0.3, -0.25) is 9.59 Å². The summed E-state index contributed by atoms with van der Waals surface area (Å²) in [5.41, 5.74) is 0. The Bertz CT molecular complexity index is 498. The number of rotatable bonds is 17. The van der Waals surface area contributed by atoms with Gasteiger partial charge in [-0.15, -0.1) is 0 Å². The predicted octanol–water partition coefficient (Wildman–Crippen LogP) is 2.06. The molecule has 2 amide bonds. The molecule has 0 unspecified atom stereocenters. The summed E-state index contributed by atoms with van der Waals surface area (Å²) in [6.07, 6.45) is 5.68. The van der Waals surface area contributed by atoms with Crippen molar-refractivity contribution in [1.82, 2.24) is 10.6 Å². The number of ether oxygens (including phenoxy) is 1. The Kier molecular flexibility index (Phi) is 16.1. The number of hydrogen-bond donors (Lipinski definition) is 4. The molecule has 8 heteroatoms. The highest BCUT2D eigenvalue weighted by Crippen LogP contribution is 2.09. The number of carbonyl (C=O) groups excluding carboxylic acids is 3. The van der Waals surface area contributed by atoms with E-state index >= 15 is 0 Å². The number of aliphatic hydroxyl groups excluding tert-OH is 2. The predicted molar refractivity (Wildman–Crippen MR) is 116 cm³/mol. The number of esters is 1. The van der Waals surface area contributed by atoms with Crippen LogP contribution in [-0.4, -0.2) is 59.4 Å². The van der Waals surface area contributed by atoms with Crippen molar-refractivity contribution >= 4 is 17.8 Å². The van der Waals surface area contributed by atoms with Crippen LogP contribution in [0.25, 0.3) is 0 Å². The van der Waals surface area contributed by atoms with Crippen molar-refractivity contribution in [2.75, 3.05) is 13.2 Å². The third-order valence-corrected chi connectivity index (χ3v) is 4.77. The van der Waals surface area contributed by atoms with Crippen molar-refractivity contribution in [3.63, 3.8) is 0 Å². The molecule has 0 heterocycles. The van der Waals surface area contributed by atoms with E-state index in [0.717, 1.165) is 19.3 Å². The van der Waals surface area contributed by atoms with Gasteiger partial charge < -0.3 is 25.6 Å². The molecule has 30 heavy (non-hydrogen) atoms. The van der Waals surface area contributed by atoms with Gasteiger partial charge in [0.1, 0.15) is 6.04 Å². The van der Waals surface area contributed by atoms with E-state index in [9.17, 15) is 24.6 Å². The van der Waals surface area contributed by atoms with E-state index in [0.29, 0.717) is 13.0 Å². The Labute approximate surface area is 181 Å². The van der Waals surface area contributed by atoms with E-state index in [4.69, 9.17) is 0 Å². The van der Waals surface area contributed by atoms with Crippen LogP contribution in [0.3, 0.4) is 0 Å². The summed E-state index contributed by atoms with van der Waals surface area (Å²) in [5, 5.41) is 24.9. The molecule has 0 saturated heterocycles. The lowest BCUT2D eigenvalue weighted by atomic mass is 10.0. The molecule has 0 aliphatic heterocycles. The Morgan fingerprint density at radius 2 is 1.40 bits per heavy atom. The first kappa shape index (κ1) is 28.3. The first-order valence-electron chi connectivity index (χ1n) is 11.3. The van der Waals surface area contributed by atoms with Crippen LogP contribution in [0.1, 0.15) is 85.5 Å². The van der Waals surface area contributed by atoms with E-state index in [2.05, 4.69) is 22.3 Å². The second-order valence-electron chi connectivity index (χ2n) is 8.10. The Hall–Kier alpha value is -1.67. The Morgan fingerprint density at radius 1 is 0.833 bits per heavy atom. The zero-order chi connectivity index (χ0) is 22.9. The third kappa shape index (κ3) is 12.8. The first-order chi connectivity index (χ1) is 14.2. The molecule has 0 aliphatic carbocycles. The number of amides is 2. The SMILES string of the molecule is CCCCCCCCCCNC(=O)[C@H](CC(C)C)NC(=O)[C@@H](O)[C@H](O)C(=O)OCC. The maximum Gasteiger partial charge on any atom is 0.338 e. The lowest BCUT2D eigenvalue weighted by molar-refractivity contribution is -0.163. The van der Waals surface area contributed by atoms with Crippen LogP contribution in [0.15, 0.2) is 0 Å². The zero-order valence-electron chi connectivity index (χ0n) is 19.1. The molecule has 0 rings (SSSR count). The van der Waals surface area contributed by atoms with E-state index in [1.165, 1.54) is 32.1 Å². The summed E-state index contributed by atoms with van der Waals surface area (Å²) in [5.74, 6) is -2.28. The van der Waals surface area contributed by atoms with Crippen molar-refractivity contribution < 1.29 is 29.3 Å². The molecule has 8 nitrogen and oxygen atoms in total. The van der Waals surface area contributed by atoms with Crippen LogP contribution in [0.2, 0.25) is 0 Å². The standard InChI is InChI=1S/C22H42N2O6/c1-5-7-8-9-10-11-12-13-14-23-20(27)17(15-16(3)4)24-21(28)18(25)19(26)22(29)30-6-2/h16-19,25-26H,5-15H2,1-4H3,(H,23,27)(H,24,28)/t17-,18-,19-/m0/s1. The zero-order valence-corrected chi connectivity index (χ0v) is 19.1. The van der Waals surface area contributed by atoms with Gasteiger partial charge in [0.25, 0.3) is 5.91 Å². The highest BCUT2D eigenvalue weighted by molar-refractivity contribution is 5.92. The molecule has 3 atom stereocenters. The van der Waals surface area contributed by atoms with Crippen LogP contribution in [0.5, 0.6) is 0 Å². The number of hydrogen-bond acceptors (Lipinski definition) is 6.